The van der Waals surface area contributed by atoms with E-state index in [2.05, 4.69) is 22.5 Å². The first-order valence-corrected chi connectivity index (χ1v) is 6.59. The lowest BCUT2D eigenvalue weighted by Gasteiger charge is -2.09. The molecule has 0 aromatic heterocycles. The zero-order valence-electron chi connectivity index (χ0n) is 11.1. The predicted octanol–water partition coefficient (Wildman–Crippen LogP) is 3.33. The van der Waals surface area contributed by atoms with Crippen molar-refractivity contribution in [1.29, 1.82) is 0 Å². The second-order valence-electron chi connectivity index (χ2n) is 4.09. The molecule has 0 unspecified atom stereocenters. The molecule has 0 aliphatic carbocycles. The number of halogens is 1. The molecule has 0 bridgehead atoms. The Bertz CT molecular complexity index is 690. The number of benzene rings is 2. The number of para-hydroxylation sites is 1. The molecule has 0 saturated heterocycles. The number of amides is 2. The third kappa shape index (κ3) is 4.53. The SMILES string of the molecule is O=C(Nc1ccccc1)Nc1cc(Cl)ccc1C#CCO. The second kappa shape index (κ2) is 7.34. The van der Waals surface area contributed by atoms with Crippen LogP contribution in [-0.4, -0.2) is 17.7 Å². The van der Waals surface area contributed by atoms with Gasteiger partial charge in [0.25, 0.3) is 0 Å². The lowest BCUT2D eigenvalue weighted by Crippen LogP contribution is -2.19. The number of rotatable bonds is 2. The van der Waals surface area contributed by atoms with E-state index in [4.69, 9.17) is 16.7 Å². The largest absolute Gasteiger partial charge is 0.384 e. The van der Waals surface area contributed by atoms with Crippen LogP contribution in [0.5, 0.6) is 0 Å². The van der Waals surface area contributed by atoms with Gasteiger partial charge in [0, 0.05) is 16.3 Å². The number of hydrogen-bond donors (Lipinski definition) is 3. The van der Waals surface area contributed by atoms with Crippen molar-refractivity contribution in [2.75, 3.05) is 17.2 Å². The van der Waals surface area contributed by atoms with E-state index < -0.39 is 6.03 Å². The Kier molecular flexibility index (Phi) is 5.22. The van der Waals surface area contributed by atoms with Gasteiger partial charge in [0.15, 0.2) is 0 Å². The van der Waals surface area contributed by atoms with Gasteiger partial charge in [-0.1, -0.05) is 41.6 Å². The first-order valence-electron chi connectivity index (χ1n) is 6.21. The lowest BCUT2D eigenvalue weighted by molar-refractivity contribution is 0.262. The molecule has 0 atom stereocenters. The molecule has 0 fully saturated rings. The molecule has 21 heavy (non-hydrogen) atoms. The average Bonchev–Trinajstić information content (AvgIpc) is 2.47. The number of carbonyl (C=O) groups excluding carboxylic acids is 1. The zero-order valence-corrected chi connectivity index (χ0v) is 11.8. The summed E-state index contributed by atoms with van der Waals surface area (Å²) in [4.78, 5) is 12.0. The van der Waals surface area contributed by atoms with Crippen LogP contribution in [0.25, 0.3) is 0 Å². The molecule has 0 spiro atoms. The highest BCUT2D eigenvalue weighted by molar-refractivity contribution is 6.31. The molecule has 5 heteroatoms. The maximum atomic E-state index is 12.0. The third-order valence-electron chi connectivity index (χ3n) is 2.56. The monoisotopic (exact) mass is 300 g/mol. The Hall–Kier alpha value is -2.48. The van der Waals surface area contributed by atoms with Gasteiger partial charge in [-0.15, -0.1) is 0 Å². The van der Waals surface area contributed by atoms with E-state index in [-0.39, 0.29) is 6.61 Å². The van der Waals surface area contributed by atoms with Crippen LogP contribution in [0.15, 0.2) is 48.5 Å². The summed E-state index contributed by atoms with van der Waals surface area (Å²) in [7, 11) is 0. The van der Waals surface area contributed by atoms with E-state index in [1.54, 1.807) is 30.3 Å². The van der Waals surface area contributed by atoms with Gasteiger partial charge in [0.2, 0.25) is 0 Å². The predicted molar refractivity (Wildman–Crippen MR) is 84.5 cm³/mol. The fraction of sp³-hybridized carbons (Fsp3) is 0.0625. The van der Waals surface area contributed by atoms with Gasteiger partial charge in [0.05, 0.1) is 5.69 Å². The quantitative estimate of drug-likeness (QED) is 0.745. The summed E-state index contributed by atoms with van der Waals surface area (Å²) in [5.74, 6) is 5.30. The molecule has 0 radical (unpaired) electrons. The van der Waals surface area contributed by atoms with Crippen molar-refractivity contribution in [3.8, 4) is 11.8 Å². The van der Waals surface area contributed by atoms with E-state index in [1.165, 1.54) is 0 Å². The fourth-order valence-electron chi connectivity index (χ4n) is 1.67. The Morgan fingerprint density at radius 3 is 2.62 bits per heavy atom. The van der Waals surface area contributed by atoms with Gasteiger partial charge in [-0.25, -0.2) is 4.79 Å². The van der Waals surface area contributed by atoms with E-state index in [1.807, 2.05) is 18.2 Å². The standard InChI is InChI=1S/C16H13ClN2O2/c17-13-9-8-12(5-4-10-20)15(11-13)19-16(21)18-14-6-2-1-3-7-14/h1-3,6-9,11,20H,10H2,(H2,18,19,21). The van der Waals surface area contributed by atoms with Crippen molar-refractivity contribution in [3.05, 3.63) is 59.1 Å². The zero-order chi connectivity index (χ0) is 15.1. The lowest BCUT2D eigenvalue weighted by atomic mass is 10.2. The van der Waals surface area contributed by atoms with Crippen LogP contribution in [0, 0.1) is 11.8 Å². The Labute approximate surface area is 127 Å². The van der Waals surface area contributed by atoms with E-state index in [9.17, 15) is 4.79 Å². The highest BCUT2D eigenvalue weighted by Gasteiger charge is 2.06. The summed E-state index contributed by atoms with van der Waals surface area (Å²) < 4.78 is 0. The first kappa shape index (κ1) is 14.9. The van der Waals surface area contributed by atoms with E-state index >= 15 is 0 Å². The second-order valence-corrected chi connectivity index (χ2v) is 4.53. The van der Waals surface area contributed by atoms with Crippen molar-refractivity contribution in [1.82, 2.24) is 0 Å². The minimum absolute atomic E-state index is 0.252. The van der Waals surface area contributed by atoms with Crippen molar-refractivity contribution < 1.29 is 9.90 Å². The van der Waals surface area contributed by atoms with Crippen molar-refractivity contribution >= 4 is 29.0 Å². The molecule has 0 heterocycles. The van der Waals surface area contributed by atoms with Gasteiger partial charge in [-0.05, 0) is 30.3 Å². The summed E-state index contributed by atoms with van der Waals surface area (Å²) in [5.41, 5.74) is 1.74. The van der Waals surface area contributed by atoms with Crippen LogP contribution in [0.4, 0.5) is 16.2 Å². The molecule has 2 rings (SSSR count). The number of urea groups is 1. The molecular weight excluding hydrogens is 288 g/mol. The van der Waals surface area contributed by atoms with E-state index in [0.29, 0.717) is 22.0 Å². The van der Waals surface area contributed by atoms with Gasteiger partial charge in [-0.3, -0.25) is 0 Å². The van der Waals surface area contributed by atoms with Crippen molar-refractivity contribution in [2.24, 2.45) is 0 Å². The van der Waals surface area contributed by atoms with Crippen molar-refractivity contribution in [2.45, 2.75) is 0 Å². The topological polar surface area (TPSA) is 61.4 Å². The highest BCUT2D eigenvalue weighted by Crippen LogP contribution is 2.20. The molecule has 0 aliphatic rings. The molecule has 2 aromatic carbocycles. The highest BCUT2D eigenvalue weighted by atomic mass is 35.5. The van der Waals surface area contributed by atoms with Crippen molar-refractivity contribution in [3.63, 3.8) is 0 Å². The molecule has 0 aliphatic heterocycles. The molecule has 106 valence electrons. The molecule has 0 saturated carbocycles. The van der Waals surface area contributed by atoms with E-state index in [0.717, 1.165) is 0 Å². The Morgan fingerprint density at radius 1 is 1.14 bits per heavy atom. The van der Waals surface area contributed by atoms with Gasteiger partial charge in [0.1, 0.15) is 6.61 Å². The van der Waals surface area contributed by atoms with Crippen LogP contribution >= 0.6 is 11.6 Å². The smallest absolute Gasteiger partial charge is 0.323 e. The molecular formula is C16H13ClN2O2. The number of nitrogens with one attached hydrogen (secondary N) is 2. The summed E-state index contributed by atoms with van der Waals surface area (Å²) in [6.07, 6.45) is 0. The Balaban J connectivity index is 2.14. The minimum atomic E-state index is -0.393. The summed E-state index contributed by atoms with van der Waals surface area (Å²) in [5, 5.41) is 14.6. The average molecular weight is 301 g/mol. The minimum Gasteiger partial charge on any atom is -0.384 e. The molecule has 4 nitrogen and oxygen atoms in total. The maximum Gasteiger partial charge on any atom is 0.323 e. The normalized spacial score (nSPS) is 9.43. The number of aliphatic hydroxyl groups is 1. The fourth-order valence-corrected chi connectivity index (χ4v) is 1.84. The van der Waals surface area contributed by atoms with Crippen LogP contribution < -0.4 is 10.6 Å². The van der Waals surface area contributed by atoms with Crippen LogP contribution in [0.1, 0.15) is 5.56 Å². The van der Waals surface area contributed by atoms with Crippen LogP contribution in [-0.2, 0) is 0 Å². The number of hydrogen-bond acceptors (Lipinski definition) is 2. The Morgan fingerprint density at radius 2 is 1.90 bits per heavy atom. The summed E-state index contributed by atoms with van der Waals surface area (Å²) >= 11 is 5.93. The number of anilines is 2. The summed E-state index contributed by atoms with van der Waals surface area (Å²) in [6.45, 7) is -0.252. The molecule has 2 aromatic rings. The van der Waals surface area contributed by atoms with Crippen LogP contribution in [0.3, 0.4) is 0 Å². The van der Waals surface area contributed by atoms with Gasteiger partial charge < -0.3 is 15.7 Å². The number of carbonyl (C=O) groups is 1. The summed E-state index contributed by atoms with van der Waals surface area (Å²) in [6, 6.07) is 13.6. The first-order chi connectivity index (χ1) is 10.2. The number of aliphatic hydroxyl groups excluding tert-OH is 1. The molecule has 3 N–H and O–H groups in total. The third-order valence-corrected chi connectivity index (χ3v) is 2.80. The molecule has 2 amide bonds. The van der Waals surface area contributed by atoms with Gasteiger partial charge >= 0.3 is 6.03 Å². The van der Waals surface area contributed by atoms with Crippen LogP contribution in [0.2, 0.25) is 5.02 Å². The van der Waals surface area contributed by atoms with Gasteiger partial charge in [-0.2, -0.15) is 0 Å². The maximum absolute atomic E-state index is 12.0.